The SMILES string of the molecule is O=C(c1ccc(C(F)(F)F)cc1)N1CCN(c2ccc([N+](=O)[O-])cc2)CC1. The lowest BCUT2D eigenvalue weighted by Crippen LogP contribution is -2.48. The molecule has 1 heterocycles. The van der Waals surface area contributed by atoms with Crippen LogP contribution >= 0.6 is 0 Å². The van der Waals surface area contributed by atoms with Crippen LogP contribution in [0, 0.1) is 10.1 Å². The van der Waals surface area contributed by atoms with Crippen LogP contribution in [0.3, 0.4) is 0 Å². The first kappa shape index (κ1) is 18.7. The predicted molar refractivity (Wildman–Crippen MR) is 92.7 cm³/mol. The molecule has 1 fully saturated rings. The Morgan fingerprint density at radius 2 is 1.48 bits per heavy atom. The molecule has 1 saturated heterocycles. The first-order valence-electron chi connectivity index (χ1n) is 8.21. The van der Waals surface area contributed by atoms with Crippen molar-refractivity contribution in [3.63, 3.8) is 0 Å². The fourth-order valence-corrected chi connectivity index (χ4v) is 2.94. The van der Waals surface area contributed by atoms with E-state index in [1.54, 1.807) is 17.0 Å². The summed E-state index contributed by atoms with van der Waals surface area (Å²) >= 11 is 0. The summed E-state index contributed by atoms with van der Waals surface area (Å²) in [5, 5.41) is 10.7. The number of hydrogen-bond acceptors (Lipinski definition) is 4. The maximum atomic E-state index is 12.6. The molecule has 0 radical (unpaired) electrons. The molecule has 0 aliphatic carbocycles. The van der Waals surface area contributed by atoms with Gasteiger partial charge in [0, 0.05) is 49.6 Å². The maximum Gasteiger partial charge on any atom is 0.416 e. The molecule has 0 N–H and O–H groups in total. The van der Waals surface area contributed by atoms with E-state index < -0.39 is 16.7 Å². The fraction of sp³-hybridized carbons (Fsp3) is 0.278. The number of nitro groups is 1. The summed E-state index contributed by atoms with van der Waals surface area (Å²) in [6, 6.07) is 10.4. The highest BCUT2D eigenvalue weighted by molar-refractivity contribution is 5.94. The van der Waals surface area contributed by atoms with Crippen molar-refractivity contribution in [2.45, 2.75) is 6.18 Å². The third-order valence-corrected chi connectivity index (χ3v) is 4.45. The Labute approximate surface area is 153 Å². The van der Waals surface area contributed by atoms with Gasteiger partial charge in [-0.05, 0) is 36.4 Å². The molecule has 0 atom stereocenters. The minimum absolute atomic E-state index is 0.00914. The van der Waals surface area contributed by atoms with Crippen molar-refractivity contribution < 1.29 is 22.9 Å². The summed E-state index contributed by atoms with van der Waals surface area (Å²) in [7, 11) is 0. The van der Waals surface area contributed by atoms with E-state index in [1.807, 2.05) is 4.90 Å². The second kappa shape index (κ2) is 7.26. The van der Waals surface area contributed by atoms with Gasteiger partial charge in [0.15, 0.2) is 0 Å². The quantitative estimate of drug-likeness (QED) is 0.604. The van der Waals surface area contributed by atoms with Gasteiger partial charge < -0.3 is 9.80 Å². The Balaban J connectivity index is 1.61. The van der Waals surface area contributed by atoms with E-state index in [4.69, 9.17) is 0 Å². The summed E-state index contributed by atoms with van der Waals surface area (Å²) < 4.78 is 37.8. The minimum Gasteiger partial charge on any atom is -0.368 e. The van der Waals surface area contributed by atoms with Crippen molar-refractivity contribution in [1.29, 1.82) is 0 Å². The van der Waals surface area contributed by atoms with Crippen LogP contribution in [0.25, 0.3) is 0 Å². The van der Waals surface area contributed by atoms with Crippen molar-refractivity contribution >= 4 is 17.3 Å². The molecule has 142 valence electrons. The van der Waals surface area contributed by atoms with Crippen LogP contribution in [-0.2, 0) is 6.18 Å². The highest BCUT2D eigenvalue weighted by Gasteiger charge is 2.30. The molecule has 3 rings (SSSR count). The van der Waals surface area contributed by atoms with Crippen LogP contribution in [0.5, 0.6) is 0 Å². The number of anilines is 1. The number of alkyl halides is 3. The topological polar surface area (TPSA) is 66.7 Å². The summed E-state index contributed by atoms with van der Waals surface area (Å²) in [6.45, 7) is 1.89. The molecule has 6 nitrogen and oxygen atoms in total. The highest BCUT2D eigenvalue weighted by atomic mass is 19.4. The average molecular weight is 379 g/mol. The molecular formula is C18H16F3N3O3. The van der Waals surface area contributed by atoms with Gasteiger partial charge in [-0.2, -0.15) is 13.2 Å². The van der Waals surface area contributed by atoms with E-state index in [1.165, 1.54) is 24.3 Å². The molecule has 0 bridgehead atoms. The molecule has 9 heteroatoms. The molecule has 2 aromatic carbocycles. The fourth-order valence-electron chi connectivity index (χ4n) is 2.94. The Morgan fingerprint density at radius 1 is 0.926 bits per heavy atom. The summed E-state index contributed by atoms with van der Waals surface area (Å²) in [5.41, 5.74) is 0.255. The number of piperazine rings is 1. The molecule has 0 spiro atoms. The number of benzene rings is 2. The smallest absolute Gasteiger partial charge is 0.368 e. The van der Waals surface area contributed by atoms with E-state index in [0.29, 0.717) is 26.2 Å². The number of carbonyl (C=O) groups is 1. The van der Waals surface area contributed by atoms with Gasteiger partial charge >= 0.3 is 6.18 Å². The van der Waals surface area contributed by atoms with Crippen molar-refractivity contribution in [3.8, 4) is 0 Å². The number of hydrogen-bond donors (Lipinski definition) is 0. The van der Waals surface area contributed by atoms with Crippen molar-refractivity contribution in [2.75, 3.05) is 31.1 Å². The van der Waals surface area contributed by atoms with E-state index in [9.17, 15) is 28.1 Å². The lowest BCUT2D eigenvalue weighted by Gasteiger charge is -2.36. The molecule has 27 heavy (non-hydrogen) atoms. The van der Waals surface area contributed by atoms with Gasteiger partial charge in [0.05, 0.1) is 10.5 Å². The lowest BCUT2D eigenvalue weighted by atomic mass is 10.1. The van der Waals surface area contributed by atoms with E-state index in [2.05, 4.69) is 0 Å². The molecule has 1 aliphatic heterocycles. The van der Waals surface area contributed by atoms with Crippen LogP contribution in [0.1, 0.15) is 15.9 Å². The van der Waals surface area contributed by atoms with Crippen molar-refractivity contribution in [3.05, 3.63) is 69.8 Å². The Kier molecular flexibility index (Phi) is 5.02. The van der Waals surface area contributed by atoms with Gasteiger partial charge in [-0.3, -0.25) is 14.9 Å². The van der Waals surface area contributed by atoms with Gasteiger partial charge in [-0.1, -0.05) is 0 Å². The zero-order valence-corrected chi connectivity index (χ0v) is 14.1. The van der Waals surface area contributed by atoms with Crippen molar-refractivity contribution in [2.24, 2.45) is 0 Å². The lowest BCUT2D eigenvalue weighted by molar-refractivity contribution is -0.384. The maximum absolute atomic E-state index is 12.6. The van der Waals surface area contributed by atoms with Crippen LogP contribution in [0.2, 0.25) is 0 Å². The van der Waals surface area contributed by atoms with Gasteiger partial charge in [-0.15, -0.1) is 0 Å². The van der Waals surface area contributed by atoms with Crippen LogP contribution < -0.4 is 4.90 Å². The monoisotopic (exact) mass is 379 g/mol. The number of nitrogens with zero attached hydrogens (tertiary/aromatic N) is 3. The second-order valence-electron chi connectivity index (χ2n) is 6.13. The summed E-state index contributed by atoms with van der Waals surface area (Å²) in [5.74, 6) is -0.313. The molecule has 2 aromatic rings. The van der Waals surface area contributed by atoms with Crippen molar-refractivity contribution in [1.82, 2.24) is 4.90 Å². The van der Waals surface area contributed by atoms with Crippen LogP contribution in [0.4, 0.5) is 24.5 Å². The number of halogens is 3. The van der Waals surface area contributed by atoms with E-state index in [0.717, 1.165) is 17.8 Å². The second-order valence-corrected chi connectivity index (χ2v) is 6.13. The number of rotatable bonds is 3. The van der Waals surface area contributed by atoms with Crippen LogP contribution in [0.15, 0.2) is 48.5 Å². The first-order chi connectivity index (χ1) is 12.8. The highest BCUT2D eigenvalue weighted by Crippen LogP contribution is 2.29. The van der Waals surface area contributed by atoms with Gasteiger partial charge in [0.25, 0.3) is 11.6 Å². The molecule has 0 unspecified atom stereocenters. The zero-order chi connectivity index (χ0) is 19.6. The number of nitro benzene ring substituents is 1. The molecule has 0 saturated carbocycles. The zero-order valence-electron chi connectivity index (χ0n) is 14.1. The summed E-state index contributed by atoms with van der Waals surface area (Å²) in [6.07, 6.45) is -4.43. The Morgan fingerprint density at radius 3 is 1.96 bits per heavy atom. The largest absolute Gasteiger partial charge is 0.416 e. The Bertz CT molecular complexity index is 828. The summed E-state index contributed by atoms with van der Waals surface area (Å²) in [4.78, 5) is 26.3. The molecule has 0 aromatic heterocycles. The number of carbonyl (C=O) groups excluding carboxylic acids is 1. The van der Waals surface area contributed by atoms with Gasteiger partial charge in [0.1, 0.15) is 0 Å². The average Bonchev–Trinajstić information content (AvgIpc) is 2.67. The van der Waals surface area contributed by atoms with Gasteiger partial charge in [0.2, 0.25) is 0 Å². The van der Waals surface area contributed by atoms with Gasteiger partial charge in [-0.25, -0.2) is 0 Å². The molecule has 1 aliphatic rings. The number of amides is 1. The minimum atomic E-state index is -4.43. The predicted octanol–water partition coefficient (Wildman–Crippen LogP) is 3.58. The normalized spacial score (nSPS) is 14.9. The van der Waals surface area contributed by atoms with Crippen LogP contribution in [-0.4, -0.2) is 41.9 Å². The number of non-ortho nitro benzene ring substituents is 1. The molecule has 1 amide bonds. The van der Waals surface area contributed by atoms with E-state index in [-0.39, 0.29) is 17.2 Å². The Hall–Kier alpha value is -3.10. The first-order valence-corrected chi connectivity index (χ1v) is 8.21. The molecular weight excluding hydrogens is 363 g/mol. The van der Waals surface area contributed by atoms with E-state index >= 15 is 0 Å². The third-order valence-electron chi connectivity index (χ3n) is 4.45. The third kappa shape index (κ3) is 4.18. The standard InChI is InChI=1S/C18H16F3N3O3/c19-18(20,21)14-3-1-13(2-4-14)17(25)23-11-9-22(10-12-23)15-5-7-16(8-6-15)24(26)27/h1-8H,9-12H2.